The smallest absolute Gasteiger partial charge is 0.261 e. The Balaban J connectivity index is 1.47. The molecule has 0 fully saturated rings. The fourth-order valence-corrected chi connectivity index (χ4v) is 4.17. The highest BCUT2D eigenvalue weighted by atomic mass is 32.2. The topological polar surface area (TPSA) is 88.2 Å². The second-order valence-electron chi connectivity index (χ2n) is 6.96. The van der Waals surface area contributed by atoms with Gasteiger partial charge in [-0.1, -0.05) is 18.2 Å². The zero-order valence-electron chi connectivity index (χ0n) is 16.5. The number of benzene rings is 3. The first-order valence-corrected chi connectivity index (χ1v) is 10.9. The lowest BCUT2D eigenvalue weighted by Gasteiger charge is -2.10. The van der Waals surface area contributed by atoms with Crippen LogP contribution in [0.1, 0.15) is 15.9 Å². The van der Waals surface area contributed by atoms with Crippen molar-refractivity contribution in [1.82, 2.24) is 4.98 Å². The number of sulfonamides is 1. The number of para-hydroxylation sites is 1. The molecular weight excluding hydrogens is 417 g/mol. The Kier molecular flexibility index (Phi) is 5.39. The normalized spacial score (nSPS) is 11.3. The number of carbonyl (C=O) groups is 1. The Morgan fingerprint density at radius 3 is 2.42 bits per heavy atom. The minimum atomic E-state index is -3.88. The average Bonchev–Trinajstić information content (AvgIpc) is 2.75. The summed E-state index contributed by atoms with van der Waals surface area (Å²) in [5, 5.41) is 3.68. The van der Waals surface area contributed by atoms with E-state index in [0.29, 0.717) is 11.3 Å². The van der Waals surface area contributed by atoms with Gasteiger partial charge in [-0.05, 0) is 67.1 Å². The zero-order valence-corrected chi connectivity index (χ0v) is 17.3. The molecule has 1 amide bonds. The van der Waals surface area contributed by atoms with Crippen LogP contribution in [0.4, 0.5) is 15.8 Å². The predicted octanol–water partition coefficient (Wildman–Crippen LogP) is 4.74. The lowest BCUT2D eigenvalue weighted by Crippen LogP contribution is -2.14. The summed E-state index contributed by atoms with van der Waals surface area (Å²) in [7, 11) is -3.88. The Bertz CT molecular complexity index is 1390. The van der Waals surface area contributed by atoms with Crippen molar-refractivity contribution in [3.8, 4) is 0 Å². The minimum absolute atomic E-state index is 0.0444. The lowest BCUT2D eigenvalue weighted by molar-refractivity contribution is 0.102. The van der Waals surface area contributed by atoms with Gasteiger partial charge in [-0.3, -0.25) is 14.5 Å². The van der Waals surface area contributed by atoms with Gasteiger partial charge in [0, 0.05) is 16.6 Å². The third-order valence-corrected chi connectivity index (χ3v) is 6.07. The van der Waals surface area contributed by atoms with Gasteiger partial charge in [0.2, 0.25) is 0 Å². The number of pyridine rings is 1. The minimum Gasteiger partial charge on any atom is -0.321 e. The van der Waals surface area contributed by atoms with Crippen molar-refractivity contribution in [3.05, 3.63) is 95.9 Å². The first-order valence-electron chi connectivity index (χ1n) is 9.37. The van der Waals surface area contributed by atoms with Crippen LogP contribution in [-0.4, -0.2) is 19.3 Å². The summed E-state index contributed by atoms with van der Waals surface area (Å²) < 4.78 is 40.9. The number of fused-ring (bicyclic) bond motifs is 1. The molecule has 3 aromatic carbocycles. The summed E-state index contributed by atoms with van der Waals surface area (Å²) in [6.07, 6.45) is 1.58. The van der Waals surface area contributed by atoms with E-state index in [9.17, 15) is 17.6 Å². The molecule has 0 saturated carbocycles. The van der Waals surface area contributed by atoms with Gasteiger partial charge in [-0.2, -0.15) is 0 Å². The molecule has 8 heteroatoms. The molecule has 4 aromatic rings. The summed E-state index contributed by atoms with van der Waals surface area (Å²) in [5.41, 5.74) is 2.26. The average molecular weight is 435 g/mol. The molecule has 0 aliphatic rings. The van der Waals surface area contributed by atoms with Crippen LogP contribution in [0.3, 0.4) is 0 Å². The molecule has 0 bridgehead atoms. The number of hydrogen-bond donors (Lipinski definition) is 2. The quantitative estimate of drug-likeness (QED) is 0.474. The van der Waals surface area contributed by atoms with Gasteiger partial charge in [0.25, 0.3) is 15.9 Å². The Labute approximate surface area is 178 Å². The van der Waals surface area contributed by atoms with Crippen molar-refractivity contribution in [1.29, 1.82) is 0 Å². The third kappa shape index (κ3) is 4.54. The van der Waals surface area contributed by atoms with Gasteiger partial charge in [-0.25, -0.2) is 12.8 Å². The molecule has 2 N–H and O–H groups in total. The first-order chi connectivity index (χ1) is 14.8. The van der Waals surface area contributed by atoms with Crippen molar-refractivity contribution >= 4 is 38.2 Å². The molecule has 31 heavy (non-hydrogen) atoms. The number of halogens is 1. The summed E-state index contributed by atoms with van der Waals surface area (Å²) in [6, 6.07) is 19.0. The molecule has 156 valence electrons. The zero-order chi connectivity index (χ0) is 22.0. The molecule has 0 saturated heterocycles. The first kappa shape index (κ1) is 20.5. The molecule has 0 aliphatic heterocycles. The number of aromatic nitrogens is 1. The molecule has 4 rings (SSSR count). The van der Waals surface area contributed by atoms with E-state index < -0.39 is 15.8 Å². The van der Waals surface area contributed by atoms with Crippen LogP contribution in [-0.2, 0) is 10.0 Å². The number of amides is 1. The van der Waals surface area contributed by atoms with Crippen molar-refractivity contribution < 1.29 is 17.6 Å². The van der Waals surface area contributed by atoms with Gasteiger partial charge in [0.05, 0.1) is 22.3 Å². The monoisotopic (exact) mass is 435 g/mol. The fourth-order valence-electron chi connectivity index (χ4n) is 3.03. The van der Waals surface area contributed by atoms with E-state index in [4.69, 9.17) is 0 Å². The van der Waals surface area contributed by atoms with Crippen LogP contribution in [0.2, 0.25) is 0 Å². The number of nitrogens with one attached hydrogen (secondary N) is 2. The molecule has 1 heterocycles. The number of nitrogens with zero attached hydrogens (tertiary/aromatic N) is 1. The van der Waals surface area contributed by atoms with E-state index in [-0.39, 0.29) is 22.1 Å². The molecule has 0 radical (unpaired) electrons. The summed E-state index contributed by atoms with van der Waals surface area (Å²) >= 11 is 0. The number of hydrogen-bond acceptors (Lipinski definition) is 4. The molecule has 6 nitrogen and oxygen atoms in total. The standard InChI is InChI=1S/C23H18FN3O3S/c1-15-12-20(10-11-21(15)24)31(29,30)27-18-8-6-16(7-9-18)23(28)26-19-13-17-4-2-3-5-22(17)25-14-19/h2-14,27H,1H3,(H,26,28). The maximum absolute atomic E-state index is 13.4. The van der Waals surface area contributed by atoms with Crippen LogP contribution in [0.15, 0.2) is 83.9 Å². The van der Waals surface area contributed by atoms with Crippen molar-refractivity contribution in [3.63, 3.8) is 0 Å². The molecule has 0 spiro atoms. The van der Waals surface area contributed by atoms with E-state index in [1.165, 1.54) is 43.3 Å². The van der Waals surface area contributed by atoms with Crippen LogP contribution in [0, 0.1) is 12.7 Å². The van der Waals surface area contributed by atoms with Crippen molar-refractivity contribution in [2.24, 2.45) is 0 Å². The molecule has 0 atom stereocenters. The van der Waals surface area contributed by atoms with E-state index in [1.54, 1.807) is 6.20 Å². The van der Waals surface area contributed by atoms with Gasteiger partial charge >= 0.3 is 0 Å². The summed E-state index contributed by atoms with van der Waals surface area (Å²) in [5.74, 6) is -0.823. The van der Waals surface area contributed by atoms with E-state index in [2.05, 4.69) is 15.0 Å². The van der Waals surface area contributed by atoms with Gasteiger partial charge in [0.15, 0.2) is 0 Å². The largest absolute Gasteiger partial charge is 0.321 e. The Morgan fingerprint density at radius 2 is 1.68 bits per heavy atom. The van der Waals surface area contributed by atoms with E-state index in [0.717, 1.165) is 17.0 Å². The fraction of sp³-hybridized carbons (Fsp3) is 0.0435. The second-order valence-corrected chi connectivity index (χ2v) is 8.65. The van der Waals surface area contributed by atoms with Gasteiger partial charge in [0.1, 0.15) is 5.82 Å². The van der Waals surface area contributed by atoms with Crippen LogP contribution in [0.5, 0.6) is 0 Å². The maximum Gasteiger partial charge on any atom is 0.261 e. The lowest BCUT2D eigenvalue weighted by atomic mass is 10.2. The van der Waals surface area contributed by atoms with Crippen LogP contribution in [0.25, 0.3) is 10.9 Å². The van der Waals surface area contributed by atoms with Gasteiger partial charge < -0.3 is 5.32 Å². The highest BCUT2D eigenvalue weighted by molar-refractivity contribution is 7.92. The van der Waals surface area contributed by atoms with E-state index >= 15 is 0 Å². The van der Waals surface area contributed by atoms with E-state index in [1.807, 2.05) is 30.3 Å². The molecule has 0 unspecified atom stereocenters. The van der Waals surface area contributed by atoms with Crippen molar-refractivity contribution in [2.45, 2.75) is 11.8 Å². The maximum atomic E-state index is 13.4. The van der Waals surface area contributed by atoms with Crippen LogP contribution < -0.4 is 10.0 Å². The highest BCUT2D eigenvalue weighted by Gasteiger charge is 2.16. The molecule has 0 aliphatic carbocycles. The molecule has 1 aromatic heterocycles. The Morgan fingerprint density at radius 1 is 0.935 bits per heavy atom. The number of aryl methyl sites for hydroxylation is 1. The Hall–Kier alpha value is -3.78. The second kappa shape index (κ2) is 8.16. The molecular formula is C23H18FN3O3S. The predicted molar refractivity (Wildman–Crippen MR) is 118 cm³/mol. The summed E-state index contributed by atoms with van der Waals surface area (Å²) in [4.78, 5) is 16.8. The summed E-state index contributed by atoms with van der Waals surface area (Å²) in [6.45, 7) is 1.49. The van der Waals surface area contributed by atoms with Gasteiger partial charge in [-0.15, -0.1) is 0 Å². The third-order valence-electron chi connectivity index (χ3n) is 4.69. The number of anilines is 2. The number of carbonyl (C=O) groups excluding carboxylic acids is 1. The SMILES string of the molecule is Cc1cc(S(=O)(=O)Nc2ccc(C(=O)Nc3cnc4ccccc4c3)cc2)ccc1F. The van der Waals surface area contributed by atoms with Crippen molar-refractivity contribution in [2.75, 3.05) is 10.0 Å². The number of rotatable bonds is 5. The van der Waals surface area contributed by atoms with Crippen LogP contribution >= 0.6 is 0 Å². The highest BCUT2D eigenvalue weighted by Crippen LogP contribution is 2.20.